The normalized spacial score (nSPS) is 14.6. The Bertz CT molecular complexity index is 1200. The first-order valence-electron chi connectivity index (χ1n) is 9.05. The molecule has 0 saturated carbocycles. The summed E-state index contributed by atoms with van der Waals surface area (Å²) in [5, 5.41) is 7.14. The van der Waals surface area contributed by atoms with Crippen LogP contribution in [0.15, 0.2) is 29.1 Å². The van der Waals surface area contributed by atoms with Crippen LogP contribution in [0.4, 0.5) is 10.2 Å². The number of nitrogens with one attached hydrogen (secondary N) is 2. The van der Waals surface area contributed by atoms with Gasteiger partial charge in [-0.15, -0.1) is 0 Å². The lowest BCUT2D eigenvalue weighted by molar-refractivity contribution is -0.119. The molecule has 1 amide bonds. The quantitative estimate of drug-likeness (QED) is 0.704. The maximum Gasteiger partial charge on any atom is 0.257 e. The van der Waals surface area contributed by atoms with Gasteiger partial charge in [-0.2, -0.15) is 5.10 Å². The second-order valence-electron chi connectivity index (χ2n) is 7.45. The molecule has 2 N–H and O–H groups in total. The van der Waals surface area contributed by atoms with E-state index in [2.05, 4.69) is 20.4 Å². The topological polar surface area (TPSA) is 102 Å². The molecule has 2 aromatic heterocycles. The molecule has 0 radical (unpaired) electrons. The second kappa shape index (κ2) is 6.54. The van der Waals surface area contributed by atoms with E-state index >= 15 is 0 Å². The molecule has 4 rings (SSSR count). The number of aromatic nitrogens is 4. The van der Waals surface area contributed by atoms with Crippen molar-refractivity contribution in [2.45, 2.75) is 32.7 Å². The van der Waals surface area contributed by atoms with E-state index in [0.29, 0.717) is 28.3 Å². The number of benzene rings is 1. The van der Waals surface area contributed by atoms with Crippen molar-refractivity contribution in [3.63, 3.8) is 0 Å². The van der Waals surface area contributed by atoms with Gasteiger partial charge in [-0.25, -0.2) is 14.1 Å². The predicted molar refractivity (Wildman–Crippen MR) is 105 cm³/mol. The third-order valence-corrected chi connectivity index (χ3v) is 5.17. The summed E-state index contributed by atoms with van der Waals surface area (Å²) in [4.78, 5) is 32.0. The highest BCUT2D eigenvalue weighted by molar-refractivity contribution is 6.04. The third kappa shape index (κ3) is 2.89. The van der Waals surface area contributed by atoms with Crippen LogP contribution in [0.5, 0.6) is 5.88 Å². The summed E-state index contributed by atoms with van der Waals surface area (Å²) < 4.78 is 21.0. The maximum absolute atomic E-state index is 14.1. The molecular formula is C20H20FN5O3. The van der Waals surface area contributed by atoms with Gasteiger partial charge in [0.25, 0.3) is 5.56 Å². The lowest BCUT2D eigenvalue weighted by Crippen LogP contribution is -2.31. The third-order valence-electron chi connectivity index (χ3n) is 5.17. The Morgan fingerprint density at radius 3 is 2.66 bits per heavy atom. The van der Waals surface area contributed by atoms with E-state index in [1.807, 2.05) is 0 Å². The average molecular weight is 397 g/mol. The van der Waals surface area contributed by atoms with Crippen LogP contribution in [-0.2, 0) is 16.8 Å². The molecule has 0 bridgehead atoms. The minimum Gasteiger partial charge on any atom is -0.481 e. The van der Waals surface area contributed by atoms with E-state index in [1.165, 1.54) is 17.9 Å². The standard InChI is InChI=1S/C20H20FN5O3/c1-10-14(16-22-15-13(17(27)23-16)20(2,3)19(28)24-15)25-26(18(10)29-4)9-11-7-5-6-8-12(11)21/h5-8H,9H2,1-4H3,(H2,22,23,24,27,28). The van der Waals surface area contributed by atoms with E-state index in [1.54, 1.807) is 39.0 Å². The van der Waals surface area contributed by atoms with E-state index in [4.69, 9.17) is 4.74 Å². The first-order valence-corrected chi connectivity index (χ1v) is 9.05. The zero-order valence-corrected chi connectivity index (χ0v) is 16.5. The van der Waals surface area contributed by atoms with Gasteiger partial charge in [-0.1, -0.05) is 18.2 Å². The molecular weight excluding hydrogens is 377 g/mol. The van der Waals surface area contributed by atoms with Crippen LogP contribution in [0.1, 0.15) is 30.5 Å². The minimum atomic E-state index is -0.967. The highest BCUT2D eigenvalue weighted by atomic mass is 19.1. The average Bonchev–Trinajstić information content (AvgIpc) is 3.09. The van der Waals surface area contributed by atoms with E-state index in [-0.39, 0.29) is 29.9 Å². The van der Waals surface area contributed by atoms with E-state index in [0.717, 1.165) is 0 Å². The largest absolute Gasteiger partial charge is 0.481 e. The number of methoxy groups -OCH3 is 1. The number of rotatable bonds is 4. The van der Waals surface area contributed by atoms with Crippen LogP contribution in [0, 0.1) is 12.7 Å². The van der Waals surface area contributed by atoms with Crippen molar-refractivity contribution < 1.29 is 13.9 Å². The van der Waals surface area contributed by atoms with Crippen molar-refractivity contribution in [2.75, 3.05) is 12.4 Å². The van der Waals surface area contributed by atoms with Gasteiger partial charge in [-0.3, -0.25) is 9.59 Å². The molecule has 150 valence electrons. The maximum atomic E-state index is 14.1. The molecule has 1 aromatic carbocycles. The summed E-state index contributed by atoms with van der Waals surface area (Å²) in [7, 11) is 1.49. The number of halogens is 1. The van der Waals surface area contributed by atoms with Crippen LogP contribution < -0.4 is 15.6 Å². The summed E-state index contributed by atoms with van der Waals surface area (Å²) >= 11 is 0. The summed E-state index contributed by atoms with van der Waals surface area (Å²) in [6, 6.07) is 6.40. The van der Waals surface area contributed by atoms with Crippen molar-refractivity contribution in [1.29, 1.82) is 0 Å². The molecule has 0 saturated heterocycles. The first kappa shape index (κ1) is 18.9. The van der Waals surface area contributed by atoms with Crippen molar-refractivity contribution in [1.82, 2.24) is 19.7 Å². The fraction of sp³-hybridized carbons (Fsp3) is 0.300. The van der Waals surface area contributed by atoms with Gasteiger partial charge in [0.1, 0.15) is 17.3 Å². The zero-order chi connectivity index (χ0) is 20.9. The Morgan fingerprint density at radius 2 is 1.97 bits per heavy atom. The van der Waals surface area contributed by atoms with E-state index in [9.17, 15) is 14.0 Å². The molecule has 3 aromatic rings. The van der Waals surface area contributed by atoms with E-state index < -0.39 is 11.0 Å². The smallest absolute Gasteiger partial charge is 0.257 e. The Hall–Kier alpha value is -3.49. The Labute approximate surface area is 165 Å². The predicted octanol–water partition coefficient (Wildman–Crippen LogP) is 2.37. The highest BCUT2D eigenvalue weighted by Crippen LogP contribution is 2.35. The molecule has 8 nitrogen and oxygen atoms in total. The fourth-order valence-electron chi connectivity index (χ4n) is 3.55. The molecule has 1 aliphatic heterocycles. The molecule has 9 heteroatoms. The number of aromatic amines is 1. The lowest BCUT2D eigenvalue weighted by Gasteiger charge is -2.13. The molecule has 0 aliphatic carbocycles. The SMILES string of the molecule is COc1c(C)c(-c2nc3c(c(=O)[nH]2)C(C)(C)C(=O)N3)nn1Cc1ccccc1F. The van der Waals surface area contributed by atoms with Crippen molar-refractivity contribution >= 4 is 11.7 Å². The molecule has 1 aliphatic rings. The summed E-state index contributed by atoms with van der Waals surface area (Å²) in [5.41, 5.74) is 0.389. The Kier molecular flexibility index (Phi) is 4.25. The minimum absolute atomic E-state index is 0.148. The van der Waals surface area contributed by atoms with Gasteiger partial charge >= 0.3 is 0 Å². The van der Waals surface area contributed by atoms with Gasteiger partial charge < -0.3 is 15.0 Å². The number of carbonyl (C=O) groups is 1. The summed E-state index contributed by atoms with van der Waals surface area (Å²) in [6.07, 6.45) is 0. The van der Waals surface area contributed by atoms with Gasteiger partial charge in [0.15, 0.2) is 5.82 Å². The zero-order valence-electron chi connectivity index (χ0n) is 16.5. The van der Waals surface area contributed by atoms with Gasteiger partial charge in [0, 0.05) is 11.1 Å². The second-order valence-corrected chi connectivity index (χ2v) is 7.45. The molecule has 0 atom stereocenters. The number of hydrogen-bond donors (Lipinski definition) is 2. The number of H-pyrrole nitrogens is 1. The number of nitrogens with zero attached hydrogens (tertiary/aromatic N) is 3. The van der Waals surface area contributed by atoms with Gasteiger partial charge in [0.05, 0.1) is 24.6 Å². The summed E-state index contributed by atoms with van der Waals surface area (Å²) in [5.74, 6) is 0.215. The first-order chi connectivity index (χ1) is 13.7. The van der Waals surface area contributed by atoms with Crippen molar-refractivity contribution in [3.05, 3.63) is 57.1 Å². The number of ether oxygens (including phenoxy) is 1. The number of amides is 1. The Morgan fingerprint density at radius 1 is 1.24 bits per heavy atom. The lowest BCUT2D eigenvalue weighted by atomic mass is 9.88. The number of carbonyl (C=O) groups excluding carboxylic acids is 1. The molecule has 3 heterocycles. The highest BCUT2D eigenvalue weighted by Gasteiger charge is 2.42. The Balaban J connectivity index is 1.82. The van der Waals surface area contributed by atoms with Gasteiger partial charge in [0.2, 0.25) is 11.8 Å². The van der Waals surface area contributed by atoms with Gasteiger partial charge in [-0.05, 0) is 26.8 Å². The van der Waals surface area contributed by atoms with Crippen LogP contribution in [0.2, 0.25) is 0 Å². The van der Waals surface area contributed by atoms with Crippen LogP contribution in [-0.4, -0.2) is 32.8 Å². The fourth-order valence-corrected chi connectivity index (χ4v) is 3.55. The van der Waals surface area contributed by atoms with Crippen molar-refractivity contribution in [3.8, 4) is 17.4 Å². The van der Waals surface area contributed by atoms with Crippen LogP contribution in [0.3, 0.4) is 0 Å². The number of hydrogen-bond acceptors (Lipinski definition) is 5. The molecule has 0 fully saturated rings. The van der Waals surface area contributed by atoms with Crippen LogP contribution in [0.25, 0.3) is 11.5 Å². The summed E-state index contributed by atoms with van der Waals surface area (Å²) in [6.45, 7) is 5.26. The molecule has 29 heavy (non-hydrogen) atoms. The van der Waals surface area contributed by atoms with Crippen LogP contribution >= 0.6 is 0 Å². The number of fused-ring (bicyclic) bond motifs is 1. The van der Waals surface area contributed by atoms with Crippen molar-refractivity contribution in [2.24, 2.45) is 0 Å². The molecule has 0 unspecified atom stereocenters. The molecule has 0 spiro atoms. The number of anilines is 1. The monoisotopic (exact) mass is 397 g/mol.